The first-order valence-corrected chi connectivity index (χ1v) is 10.6. The largest absolute Gasteiger partial charge is 0.471 e. The molecule has 0 unspecified atom stereocenters. The maximum absolute atomic E-state index is 13.7. The highest BCUT2D eigenvalue weighted by molar-refractivity contribution is 6.30. The van der Waals surface area contributed by atoms with Crippen LogP contribution in [-0.2, 0) is 12.7 Å². The average molecular weight is 481 g/mol. The number of halogens is 5. The van der Waals surface area contributed by atoms with E-state index in [4.69, 9.17) is 11.6 Å². The molecule has 1 saturated heterocycles. The number of fused-ring (bicyclic) bond motifs is 1. The lowest BCUT2D eigenvalue weighted by atomic mass is 9.86. The third kappa shape index (κ3) is 3.97. The summed E-state index contributed by atoms with van der Waals surface area (Å²) in [5.74, 6) is -2.51. The standard InChI is InChI=1S/C22H17ClF4N4O2/c23-16-8-11(3-4-17(16)24)15-9-28-6-5-18(15)31-10-13-2-1-12(7-14(13)20(31)32)19-29-21(33-30-19)22(25,26)27/h1-4,7-8,15,18,28H,5-6,9-10H2/t15-,18+/m0/s1. The summed E-state index contributed by atoms with van der Waals surface area (Å²) in [6.45, 7) is 1.68. The maximum atomic E-state index is 13.7. The van der Waals surface area contributed by atoms with Crippen LogP contribution in [0.15, 0.2) is 40.9 Å². The van der Waals surface area contributed by atoms with Gasteiger partial charge in [-0.25, -0.2) is 4.39 Å². The van der Waals surface area contributed by atoms with Gasteiger partial charge in [0.25, 0.3) is 5.91 Å². The van der Waals surface area contributed by atoms with Gasteiger partial charge in [-0.05, 0) is 42.3 Å². The van der Waals surface area contributed by atoms with Gasteiger partial charge in [-0.15, -0.1) is 0 Å². The summed E-state index contributed by atoms with van der Waals surface area (Å²) in [6.07, 6.45) is -4.06. The highest BCUT2D eigenvalue weighted by Crippen LogP contribution is 2.36. The van der Waals surface area contributed by atoms with E-state index in [1.807, 2.05) is 0 Å². The van der Waals surface area contributed by atoms with Crippen molar-refractivity contribution in [3.8, 4) is 11.4 Å². The summed E-state index contributed by atoms with van der Waals surface area (Å²) in [5.41, 5.74) is 2.24. The van der Waals surface area contributed by atoms with E-state index >= 15 is 0 Å². The number of rotatable bonds is 3. The van der Waals surface area contributed by atoms with E-state index < -0.39 is 17.9 Å². The van der Waals surface area contributed by atoms with E-state index in [2.05, 4.69) is 20.0 Å². The Morgan fingerprint density at radius 1 is 1.18 bits per heavy atom. The van der Waals surface area contributed by atoms with Gasteiger partial charge in [0.05, 0.1) is 5.02 Å². The van der Waals surface area contributed by atoms with Crippen LogP contribution in [0.5, 0.6) is 0 Å². The zero-order valence-corrected chi connectivity index (χ0v) is 17.8. The lowest BCUT2D eigenvalue weighted by Crippen LogP contribution is -2.48. The predicted octanol–water partition coefficient (Wildman–Crippen LogP) is 4.65. The minimum Gasteiger partial charge on any atom is -0.331 e. The Balaban J connectivity index is 1.43. The van der Waals surface area contributed by atoms with E-state index in [1.54, 1.807) is 29.2 Å². The van der Waals surface area contributed by atoms with Crippen molar-refractivity contribution in [1.82, 2.24) is 20.4 Å². The number of carbonyl (C=O) groups excluding carboxylic acids is 1. The zero-order valence-electron chi connectivity index (χ0n) is 17.0. The molecule has 1 amide bonds. The number of carbonyl (C=O) groups is 1. The zero-order chi connectivity index (χ0) is 23.3. The van der Waals surface area contributed by atoms with Crippen LogP contribution < -0.4 is 5.32 Å². The molecule has 2 aliphatic rings. The van der Waals surface area contributed by atoms with Gasteiger partial charge in [-0.2, -0.15) is 18.2 Å². The van der Waals surface area contributed by atoms with Gasteiger partial charge < -0.3 is 14.7 Å². The van der Waals surface area contributed by atoms with Crippen molar-refractivity contribution < 1.29 is 26.9 Å². The molecule has 1 aromatic heterocycles. The average Bonchev–Trinajstić information content (AvgIpc) is 3.41. The minimum atomic E-state index is -4.75. The normalized spacial score (nSPS) is 20.9. The number of hydrogen-bond acceptors (Lipinski definition) is 5. The van der Waals surface area contributed by atoms with Gasteiger partial charge in [0, 0.05) is 36.2 Å². The predicted molar refractivity (Wildman–Crippen MR) is 110 cm³/mol. The van der Waals surface area contributed by atoms with Crippen LogP contribution in [0.25, 0.3) is 11.4 Å². The second-order valence-corrected chi connectivity index (χ2v) is 8.47. The highest BCUT2D eigenvalue weighted by Gasteiger charge is 2.40. The molecular weight excluding hydrogens is 464 g/mol. The summed E-state index contributed by atoms with van der Waals surface area (Å²) in [7, 11) is 0. The quantitative estimate of drug-likeness (QED) is 0.553. The molecule has 3 aromatic rings. The Kier molecular flexibility index (Phi) is 5.37. The van der Waals surface area contributed by atoms with Gasteiger partial charge in [0.15, 0.2) is 0 Å². The Hall–Kier alpha value is -2.98. The number of benzene rings is 2. The van der Waals surface area contributed by atoms with E-state index in [0.717, 1.165) is 11.1 Å². The molecule has 0 radical (unpaired) electrons. The first-order valence-electron chi connectivity index (χ1n) is 10.2. The fourth-order valence-corrected chi connectivity index (χ4v) is 4.68. The van der Waals surface area contributed by atoms with Crippen molar-refractivity contribution >= 4 is 17.5 Å². The van der Waals surface area contributed by atoms with Crippen molar-refractivity contribution in [2.75, 3.05) is 13.1 Å². The van der Waals surface area contributed by atoms with Gasteiger partial charge in [-0.3, -0.25) is 4.79 Å². The Morgan fingerprint density at radius 3 is 2.73 bits per heavy atom. The molecule has 1 N–H and O–H groups in total. The van der Waals surface area contributed by atoms with Crippen molar-refractivity contribution in [2.24, 2.45) is 0 Å². The molecule has 11 heteroatoms. The second kappa shape index (κ2) is 8.11. The lowest BCUT2D eigenvalue weighted by Gasteiger charge is -2.38. The Morgan fingerprint density at radius 2 is 2.00 bits per heavy atom. The summed E-state index contributed by atoms with van der Waals surface area (Å²) >= 11 is 5.98. The molecule has 1 fully saturated rings. The SMILES string of the molecule is O=C1c2cc(-c3noc(C(F)(F)F)n3)ccc2CN1[C@@H]1CCNC[C@H]1c1ccc(F)c(Cl)c1. The number of amides is 1. The lowest BCUT2D eigenvalue weighted by molar-refractivity contribution is -0.159. The van der Waals surface area contributed by atoms with Crippen molar-refractivity contribution in [3.63, 3.8) is 0 Å². The molecule has 33 heavy (non-hydrogen) atoms. The fraction of sp³-hybridized carbons (Fsp3) is 0.318. The van der Waals surface area contributed by atoms with Crippen LogP contribution in [0.3, 0.4) is 0 Å². The third-order valence-electron chi connectivity index (χ3n) is 6.09. The van der Waals surface area contributed by atoms with E-state index in [0.29, 0.717) is 31.6 Å². The topological polar surface area (TPSA) is 71.3 Å². The number of nitrogens with one attached hydrogen (secondary N) is 1. The number of hydrogen-bond donors (Lipinski definition) is 1. The number of alkyl halides is 3. The molecule has 0 bridgehead atoms. The van der Waals surface area contributed by atoms with Crippen LogP contribution >= 0.6 is 11.6 Å². The van der Waals surface area contributed by atoms with Gasteiger partial charge in [0.2, 0.25) is 5.82 Å². The van der Waals surface area contributed by atoms with E-state index in [9.17, 15) is 22.4 Å². The molecule has 2 aliphatic heterocycles. The molecule has 172 valence electrons. The number of nitrogens with zero attached hydrogens (tertiary/aromatic N) is 3. The monoisotopic (exact) mass is 480 g/mol. The highest BCUT2D eigenvalue weighted by atomic mass is 35.5. The third-order valence-corrected chi connectivity index (χ3v) is 6.38. The van der Waals surface area contributed by atoms with E-state index in [1.165, 1.54) is 12.1 Å². The van der Waals surface area contributed by atoms with Crippen LogP contribution in [-0.4, -0.2) is 40.1 Å². The summed E-state index contributed by atoms with van der Waals surface area (Å²) < 4.78 is 56.3. The Bertz CT molecular complexity index is 1230. The minimum absolute atomic E-state index is 0.0239. The van der Waals surface area contributed by atoms with Crippen LogP contribution in [0.1, 0.15) is 39.7 Å². The fourth-order valence-electron chi connectivity index (χ4n) is 4.49. The molecule has 6 nitrogen and oxygen atoms in total. The number of aromatic nitrogens is 2. The van der Waals surface area contributed by atoms with Crippen LogP contribution in [0, 0.1) is 5.82 Å². The van der Waals surface area contributed by atoms with Crippen molar-refractivity contribution in [2.45, 2.75) is 31.1 Å². The smallest absolute Gasteiger partial charge is 0.331 e. The van der Waals surface area contributed by atoms with E-state index in [-0.39, 0.29) is 34.3 Å². The first kappa shape index (κ1) is 21.8. The van der Waals surface area contributed by atoms with Gasteiger partial charge in [0.1, 0.15) is 5.82 Å². The molecular formula is C22H17ClF4N4O2. The Labute approximate surface area is 190 Å². The second-order valence-electron chi connectivity index (χ2n) is 8.07. The van der Waals surface area contributed by atoms with Crippen LogP contribution in [0.4, 0.5) is 17.6 Å². The van der Waals surface area contributed by atoms with Gasteiger partial charge in [-0.1, -0.05) is 35.0 Å². The molecule has 0 spiro atoms. The maximum Gasteiger partial charge on any atom is 0.471 e. The van der Waals surface area contributed by atoms with Crippen molar-refractivity contribution in [1.29, 1.82) is 0 Å². The van der Waals surface area contributed by atoms with Crippen LogP contribution in [0.2, 0.25) is 5.02 Å². The summed E-state index contributed by atoms with van der Waals surface area (Å²) in [6, 6.07) is 9.17. The first-order chi connectivity index (χ1) is 15.7. The molecule has 5 rings (SSSR count). The molecule has 0 saturated carbocycles. The van der Waals surface area contributed by atoms with Gasteiger partial charge >= 0.3 is 12.1 Å². The molecule has 3 heterocycles. The van der Waals surface area contributed by atoms with Crippen molar-refractivity contribution in [3.05, 3.63) is 69.8 Å². The summed E-state index contributed by atoms with van der Waals surface area (Å²) in [4.78, 5) is 18.5. The molecule has 2 atom stereocenters. The summed E-state index contributed by atoms with van der Waals surface area (Å²) in [5, 5.41) is 6.73. The molecule has 2 aromatic carbocycles. The number of piperidine rings is 1. The molecule has 0 aliphatic carbocycles.